The first-order valence-electron chi connectivity index (χ1n) is 4.69. The van der Waals surface area contributed by atoms with Crippen LogP contribution in [0.25, 0.3) is 0 Å². The normalized spacial score (nSPS) is 15.1. The minimum Gasteiger partial charge on any atom is -0.396 e. The molecule has 14 heavy (non-hydrogen) atoms. The largest absolute Gasteiger partial charge is 0.396 e. The van der Waals surface area contributed by atoms with Gasteiger partial charge in [0.15, 0.2) is 0 Å². The van der Waals surface area contributed by atoms with Crippen LogP contribution in [0, 0.1) is 11.7 Å². The Labute approximate surface area is 83.0 Å². The number of aliphatic hydroxyl groups excluding tert-OH is 2. The summed E-state index contributed by atoms with van der Waals surface area (Å²) in [5, 5.41) is 18.5. The van der Waals surface area contributed by atoms with Crippen LogP contribution in [0.1, 0.15) is 25.0 Å². The van der Waals surface area contributed by atoms with E-state index in [0.717, 1.165) is 0 Å². The van der Waals surface area contributed by atoms with Gasteiger partial charge < -0.3 is 10.2 Å². The van der Waals surface area contributed by atoms with Crippen molar-refractivity contribution in [3.63, 3.8) is 0 Å². The van der Waals surface area contributed by atoms with Crippen molar-refractivity contribution < 1.29 is 14.6 Å². The van der Waals surface area contributed by atoms with Gasteiger partial charge in [0.1, 0.15) is 5.82 Å². The fraction of sp³-hybridized carbons (Fsp3) is 0.455. The zero-order valence-electron chi connectivity index (χ0n) is 8.15. The highest BCUT2D eigenvalue weighted by molar-refractivity contribution is 5.18. The molecule has 3 heteroatoms. The van der Waals surface area contributed by atoms with Crippen molar-refractivity contribution in [3.8, 4) is 0 Å². The number of hydrogen-bond donors (Lipinski definition) is 2. The number of rotatable bonds is 4. The van der Waals surface area contributed by atoms with E-state index in [2.05, 4.69) is 0 Å². The summed E-state index contributed by atoms with van der Waals surface area (Å²) in [5.41, 5.74) is 0.687. The molecule has 0 radical (unpaired) electrons. The summed E-state index contributed by atoms with van der Waals surface area (Å²) < 4.78 is 12.6. The molecule has 0 unspecified atom stereocenters. The lowest BCUT2D eigenvalue weighted by Crippen LogP contribution is -2.10. The van der Waals surface area contributed by atoms with Gasteiger partial charge in [0, 0.05) is 6.61 Å². The molecule has 2 atom stereocenters. The monoisotopic (exact) mass is 198 g/mol. The van der Waals surface area contributed by atoms with Crippen LogP contribution in [0.3, 0.4) is 0 Å². The van der Waals surface area contributed by atoms with Gasteiger partial charge >= 0.3 is 0 Å². The van der Waals surface area contributed by atoms with Gasteiger partial charge in [0.25, 0.3) is 0 Å². The molecule has 1 rings (SSSR count). The van der Waals surface area contributed by atoms with Crippen LogP contribution < -0.4 is 0 Å². The average molecular weight is 198 g/mol. The predicted molar refractivity (Wildman–Crippen MR) is 52.2 cm³/mol. The van der Waals surface area contributed by atoms with Crippen LogP contribution in [0.2, 0.25) is 0 Å². The fourth-order valence-electron chi connectivity index (χ4n) is 1.35. The van der Waals surface area contributed by atoms with Gasteiger partial charge in [0.05, 0.1) is 6.10 Å². The first kappa shape index (κ1) is 11.1. The molecule has 1 aromatic rings. The maximum Gasteiger partial charge on any atom is 0.123 e. The molecule has 0 fully saturated rings. The van der Waals surface area contributed by atoms with E-state index in [4.69, 9.17) is 5.11 Å². The van der Waals surface area contributed by atoms with Crippen molar-refractivity contribution in [2.75, 3.05) is 6.61 Å². The van der Waals surface area contributed by atoms with Gasteiger partial charge in [-0.2, -0.15) is 0 Å². The summed E-state index contributed by atoms with van der Waals surface area (Å²) in [6.07, 6.45) is -0.0961. The van der Waals surface area contributed by atoms with E-state index in [1.54, 1.807) is 12.1 Å². The van der Waals surface area contributed by atoms with E-state index < -0.39 is 6.10 Å². The molecular weight excluding hydrogens is 183 g/mol. The maximum atomic E-state index is 12.6. The second-order valence-electron chi connectivity index (χ2n) is 3.49. The molecule has 0 spiro atoms. The lowest BCUT2D eigenvalue weighted by atomic mass is 9.95. The summed E-state index contributed by atoms with van der Waals surface area (Å²) in [5.74, 6) is -0.332. The predicted octanol–water partition coefficient (Wildman–Crippen LogP) is 1.88. The zero-order chi connectivity index (χ0) is 10.6. The Morgan fingerprint density at radius 1 is 1.29 bits per heavy atom. The van der Waals surface area contributed by atoms with Crippen molar-refractivity contribution in [3.05, 3.63) is 35.6 Å². The van der Waals surface area contributed by atoms with E-state index in [1.807, 2.05) is 6.92 Å². The van der Waals surface area contributed by atoms with Gasteiger partial charge in [-0.05, 0) is 30.0 Å². The van der Waals surface area contributed by atoms with Crippen LogP contribution in [-0.4, -0.2) is 16.8 Å². The number of benzene rings is 1. The first-order chi connectivity index (χ1) is 6.65. The SMILES string of the molecule is C[C@@H](CCO)[C@H](O)c1ccc(F)cc1. The second kappa shape index (κ2) is 5.08. The van der Waals surface area contributed by atoms with Crippen LogP contribution in [-0.2, 0) is 0 Å². The minimum absolute atomic E-state index is 0.0227. The van der Waals surface area contributed by atoms with E-state index in [-0.39, 0.29) is 18.3 Å². The Balaban J connectivity index is 2.68. The van der Waals surface area contributed by atoms with Crippen LogP contribution in [0.5, 0.6) is 0 Å². The molecule has 1 aromatic carbocycles. The molecule has 2 nitrogen and oxygen atoms in total. The lowest BCUT2D eigenvalue weighted by molar-refractivity contribution is 0.0990. The summed E-state index contributed by atoms with van der Waals surface area (Å²) in [6.45, 7) is 1.91. The van der Waals surface area contributed by atoms with Crippen molar-refractivity contribution in [1.82, 2.24) is 0 Å². The van der Waals surface area contributed by atoms with E-state index in [0.29, 0.717) is 12.0 Å². The van der Waals surface area contributed by atoms with Gasteiger partial charge in [0.2, 0.25) is 0 Å². The van der Waals surface area contributed by atoms with Crippen molar-refractivity contribution in [2.24, 2.45) is 5.92 Å². The van der Waals surface area contributed by atoms with Gasteiger partial charge in [-0.15, -0.1) is 0 Å². The summed E-state index contributed by atoms with van der Waals surface area (Å²) in [6, 6.07) is 5.77. The Bertz CT molecular complexity index is 271. The molecule has 0 aliphatic heterocycles. The molecule has 0 bridgehead atoms. The topological polar surface area (TPSA) is 40.5 Å². The molecule has 0 heterocycles. The third-order valence-corrected chi connectivity index (χ3v) is 2.33. The van der Waals surface area contributed by atoms with Crippen molar-refractivity contribution in [2.45, 2.75) is 19.4 Å². The van der Waals surface area contributed by atoms with E-state index >= 15 is 0 Å². The fourth-order valence-corrected chi connectivity index (χ4v) is 1.35. The molecule has 2 N–H and O–H groups in total. The molecule has 0 saturated heterocycles. The summed E-state index contributed by atoms with van der Waals surface area (Å²) in [7, 11) is 0. The third kappa shape index (κ3) is 2.79. The minimum atomic E-state index is -0.636. The Morgan fingerprint density at radius 2 is 1.86 bits per heavy atom. The Morgan fingerprint density at radius 3 is 2.36 bits per heavy atom. The molecule has 78 valence electrons. The first-order valence-corrected chi connectivity index (χ1v) is 4.69. The van der Waals surface area contributed by atoms with Crippen LogP contribution in [0.4, 0.5) is 4.39 Å². The van der Waals surface area contributed by atoms with E-state index in [1.165, 1.54) is 12.1 Å². The maximum absolute atomic E-state index is 12.6. The summed E-state index contributed by atoms with van der Waals surface area (Å²) in [4.78, 5) is 0. The van der Waals surface area contributed by atoms with Crippen LogP contribution in [0.15, 0.2) is 24.3 Å². The highest BCUT2D eigenvalue weighted by Gasteiger charge is 2.15. The van der Waals surface area contributed by atoms with Crippen molar-refractivity contribution in [1.29, 1.82) is 0 Å². The average Bonchev–Trinajstić information content (AvgIpc) is 2.18. The Hall–Kier alpha value is -0.930. The third-order valence-electron chi connectivity index (χ3n) is 2.33. The highest BCUT2D eigenvalue weighted by Crippen LogP contribution is 2.23. The van der Waals surface area contributed by atoms with Crippen LogP contribution >= 0.6 is 0 Å². The van der Waals surface area contributed by atoms with E-state index in [9.17, 15) is 9.50 Å². The smallest absolute Gasteiger partial charge is 0.123 e. The molecule has 0 aromatic heterocycles. The Kier molecular flexibility index (Phi) is 4.04. The molecular formula is C11H15FO2. The molecule has 0 saturated carbocycles. The van der Waals surface area contributed by atoms with Crippen molar-refractivity contribution >= 4 is 0 Å². The molecule has 0 amide bonds. The van der Waals surface area contributed by atoms with Gasteiger partial charge in [-0.25, -0.2) is 4.39 Å². The highest BCUT2D eigenvalue weighted by atomic mass is 19.1. The summed E-state index contributed by atoms with van der Waals surface area (Å²) >= 11 is 0. The molecule has 0 aliphatic rings. The lowest BCUT2D eigenvalue weighted by Gasteiger charge is -2.17. The number of hydrogen-bond acceptors (Lipinski definition) is 2. The van der Waals surface area contributed by atoms with Gasteiger partial charge in [-0.3, -0.25) is 0 Å². The van der Waals surface area contributed by atoms with Gasteiger partial charge in [-0.1, -0.05) is 19.1 Å². The number of aliphatic hydroxyl groups is 2. The zero-order valence-corrected chi connectivity index (χ0v) is 8.15. The quantitative estimate of drug-likeness (QED) is 0.775. The number of halogens is 1. The standard InChI is InChI=1S/C11H15FO2/c1-8(6-7-13)11(14)9-2-4-10(12)5-3-9/h2-5,8,11,13-14H,6-7H2,1H3/t8-,11-/m0/s1. The molecule has 0 aliphatic carbocycles. The second-order valence-corrected chi connectivity index (χ2v) is 3.49.